The lowest BCUT2D eigenvalue weighted by Crippen LogP contribution is -2.49. The molecule has 0 saturated heterocycles. The summed E-state index contributed by atoms with van der Waals surface area (Å²) in [7, 11) is 0. The van der Waals surface area contributed by atoms with Crippen molar-refractivity contribution in [2.75, 3.05) is 0 Å². The Kier molecular flexibility index (Phi) is 4.94. The summed E-state index contributed by atoms with van der Waals surface area (Å²) >= 11 is 0. The van der Waals surface area contributed by atoms with Crippen LogP contribution in [-0.2, 0) is 14.4 Å². The minimum Gasteiger partial charge on any atom is -0.481 e. The second-order valence-electron chi connectivity index (χ2n) is 4.60. The molecule has 1 atom stereocenters. The molecule has 1 amide bonds. The molecule has 1 unspecified atom stereocenters. The van der Waals surface area contributed by atoms with Crippen molar-refractivity contribution in [2.45, 2.75) is 39.7 Å². The Bertz CT molecular complexity index is 292. The fourth-order valence-corrected chi connectivity index (χ4v) is 1.10. The molecule has 0 radical (unpaired) electrons. The van der Waals surface area contributed by atoms with E-state index in [4.69, 9.17) is 10.2 Å². The van der Waals surface area contributed by atoms with Crippen molar-refractivity contribution in [3.05, 3.63) is 0 Å². The van der Waals surface area contributed by atoms with Crippen molar-refractivity contribution in [2.24, 2.45) is 5.41 Å². The van der Waals surface area contributed by atoms with Crippen LogP contribution in [0.15, 0.2) is 0 Å². The second kappa shape index (κ2) is 5.48. The van der Waals surface area contributed by atoms with E-state index in [0.717, 1.165) is 0 Å². The fraction of sp³-hybridized carbons (Fsp3) is 0.700. The van der Waals surface area contributed by atoms with E-state index in [1.807, 2.05) is 0 Å². The lowest BCUT2D eigenvalue weighted by molar-refractivity contribution is -0.145. The highest BCUT2D eigenvalue weighted by molar-refractivity contribution is 5.85. The number of hydrogen-bond acceptors (Lipinski definition) is 3. The van der Waals surface area contributed by atoms with Gasteiger partial charge in [0.1, 0.15) is 6.04 Å². The average molecular weight is 231 g/mol. The monoisotopic (exact) mass is 231 g/mol. The molecule has 0 fully saturated rings. The predicted octanol–water partition coefficient (Wildman–Crippen LogP) is 0.467. The van der Waals surface area contributed by atoms with E-state index in [1.165, 1.54) is 0 Å². The molecule has 0 aromatic rings. The standard InChI is InChI=1S/C10H17NO5/c1-10(2,3)8(9(15)16)11-6(12)4-5-7(13)14/h8H,4-5H2,1-3H3,(H,11,12)(H,13,14)(H,15,16). The van der Waals surface area contributed by atoms with Gasteiger partial charge in [0.05, 0.1) is 6.42 Å². The summed E-state index contributed by atoms with van der Waals surface area (Å²) in [6.45, 7) is 5.05. The lowest BCUT2D eigenvalue weighted by Gasteiger charge is -2.27. The van der Waals surface area contributed by atoms with Crippen LogP contribution in [0.5, 0.6) is 0 Å². The molecule has 6 nitrogen and oxygen atoms in total. The molecule has 0 aromatic carbocycles. The van der Waals surface area contributed by atoms with Crippen LogP contribution in [-0.4, -0.2) is 34.1 Å². The molecule has 3 N–H and O–H groups in total. The van der Waals surface area contributed by atoms with E-state index < -0.39 is 29.3 Å². The third kappa shape index (κ3) is 5.33. The minimum absolute atomic E-state index is 0.213. The summed E-state index contributed by atoms with van der Waals surface area (Å²) in [4.78, 5) is 32.4. The number of aliphatic carboxylic acids is 2. The maximum Gasteiger partial charge on any atom is 0.326 e. The van der Waals surface area contributed by atoms with Crippen molar-refractivity contribution >= 4 is 17.8 Å². The Hall–Kier alpha value is -1.59. The quantitative estimate of drug-likeness (QED) is 0.638. The summed E-state index contributed by atoms with van der Waals surface area (Å²) in [5, 5.41) is 19.6. The van der Waals surface area contributed by atoms with Crippen LogP contribution in [0.1, 0.15) is 33.6 Å². The zero-order chi connectivity index (χ0) is 12.9. The smallest absolute Gasteiger partial charge is 0.326 e. The van der Waals surface area contributed by atoms with E-state index in [-0.39, 0.29) is 12.8 Å². The highest BCUT2D eigenvalue weighted by Crippen LogP contribution is 2.19. The molecule has 92 valence electrons. The molecule has 6 heteroatoms. The van der Waals surface area contributed by atoms with Crippen molar-refractivity contribution in [3.63, 3.8) is 0 Å². The summed E-state index contributed by atoms with van der Waals surface area (Å²) in [6, 6.07) is -1.02. The van der Waals surface area contributed by atoms with Gasteiger partial charge >= 0.3 is 11.9 Å². The van der Waals surface area contributed by atoms with Crippen LogP contribution < -0.4 is 5.32 Å². The van der Waals surface area contributed by atoms with Crippen LogP contribution in [0.2, 0.25) is 0 Å². The first kappa shape index (κ1) is 14.4. The third-order valence-electron chi connectivity index (χ3n) is 1.98. The first-order valence-electron chi connectivity index (χ1n) is 4.88. The number of hydrogen-bond donors (Lipinski definition) is 3. The largest absolute Gasteiger partial charge is 0.481 e. The average Bonchev–Trinajstić information content (AvgIpc) is 2.08. The lowest BCUT2D eigenvalue weighted by atomic mass is 9.86. The maximum absolute atomic E-state index is 11.3. The molecule has 0 aliphatic rings. The van der Waals surface area contributed by atoms with Gasteiger partial charge in [-0.2, -0.15) is 0 Å². The van der Waals surface area contributed by atoms with Gasteiger partial charge in [0.25, 0.3) is 0 Å². The number of carboxylic acid groups (broad SMARTS) is 2. The molecule has 0 heterocycles. The second-order valence-corrected chi connectivity index (χ2v) is 4.60. The maximum atomic E-state index is 11.3. The Balaban J connectivity index is 4.37. The fourth-order valence-electron chi connectivity index (χ4n) is 1.10. The van der Waals surface area contributed by atoms with E-state index in [0.29, 0.717) is 0 Å². The van der Waals surface area contributed by atoms with E-state index in [1.54, 1.807) is 20.8 Å². The van der Waals surface area contributed by atoms with Crippen molar-refractivity contribution in [1.29, 1.82) is 0 Å². The molecular weight excluding hydrogens is 214 g/mol. The number of amides is 1. The number of rotatable bonds is 5. The number of carbonyl (C=O) groups excluding carboxylic acids is 1. The molecule has 0 spiro atoms. The molecule has 0 aliphatic heterocycles. The van der Waals surface area contributed by atoms with E-state index >= 15 is 0 Å². The van der Waals surface area contributed by atoms with Crippen molar-refractivity contribution in [3.8, 4) is 0 Å². The number of nitrogens with one attached hydrogen (secondary N) is 1. The molecule has 0 bridgehead atoms. The molecule has 0 saturated carbocycles. The Morgan fingerprint density at radius 1 is 1.12 bits per heavy atom. The van der Waals surface area contributed by atoms with Crippen LogP contribution in [0.3, 0.4) is 0 Å². The summed E-state index contributed by atoms with van der Waals surface area (Å²) in [5.41, 5.74) is -0.620. The summed E-state index contributed by atoms with van der Waals surface area (Å²) in [6.07, 6.45) is -0.516. The molecular formula is C10H17NO5. The van der Waals surface area contributed by atoms with Gasteiger partial charge in [-0.3, -0.25) is 9.59 Å². The molecule has 0 aromatic heterocycles. The summed E-state index contributed by atoms with van der Waals surface area (Å²) < 4.78 is 0. The van der Waals surface area contributed by atoms with Gasteiger partial charge in [-0.1, -0.05) is 20.8 Å². The van der Waals surface area contributed by atoms with Crippen molar-refractivity contribution < 1.29 is 24.6 Å². The highest BCUT2D eigenvalue weighted by Gasteiger charge is 2.32. The summed E-state index contributed by atoms with van der Waals surface area (Å²) in [5.74, 6) is -2.78. The molecule has 16 heavy (non-hydrogen) atoms. The van der Waals surface area contributed by atoms with Gasteiger partial charge in [0.15, 0.2) is 0 Å². The van der Waals surface area contributed by atoms with Gasteiger partial charge in [-0.15, -0.1) is 0 Å². The topological polar surface area (TPSA) is 104 Å². The minimum atomic E-state index is -1.13. The third-order valence-corrected chi connectivity index (χ3v) is 1.98. The Morgan fingerprint density at radius 3 is 1.94 bits per heavy atom. The molecule has 0 aliphatic carbocycles. The van der Waals surface area contributed by atoms with Gasteiger partial charge in [0, 0.05) is 6.42 Å². The van der Waals surface area contributed by atoms with Gasteiger partial charge in [-0.05, 0) is 5.41 Å². The zero-order valence-electron chi connectivity index (χ0n) is 9.61. The van der Waals surface area contributed by atoms with Gasteiger partial charge in [-0.25, -0.2) is 4.79 Å². The first-order valence-corrected chi connectivity index (χ1v) is 4.88. The van der Waals surface area contributed by atoms with Crippen molar-refractivity contribution in [1.82, 2.24) is 5.32 Å². The van der Waals surface area contributed by atoms with Crippen LogP contribution in [0, 0.1) is 5.41 Å². The van der Waals surface area contributed by atoms with E-state index in [9.17, 15) is 14.4 Å². The van der Waals surface area contributed by atoms with Crippen LogP contribution >= 0.6 is 0 Å². The Labute approximate surface area is 93.6 Å². The predicted molar refractivity (Wildman–Crippen MR) is 55.9 cm³/mol. The molecule has 0 rings (SSSR count). The zero-order valence-corrected chi connectivity index (χ0v) is 9.61. The first-order chi connectivity index (χ1) is 7.14. The number of carbonyl (C=O) groups is 3. The normalized spacial score (nSPS) is 12.9. The SMILES string of the molecule is CC(C)(C)C(NC(=O)CCC(=O)O)C(=O)O. The number of carboxylic acids is 2. The highest BCUT2D eigenvalue weighted by atomic mass is 16.4. The van der Waals surface area contributed by atoms with Crippen LogP contribution in [0.25, 0.3) is 0 Å². The van der Waals surface area contributed by atoms with Gasteiger partial charge < -0.3 is 15.5 Å². The van der Waals surface area contributed by atoms with E-state index in [2.05, 4.69) is 5.32 Å². The van der Waals surface area contributed by atoms with Crippen LogP contribution in [0.4, 0.5) is 0 Å². The Morgan fingerprint density at radius 2 is 1.62 bits per heavy atom. The van der Waals surface area contributed by atoms with Gasteiger partial charge in [0.2, 0.25) is 5.91 Å².